The predicted molar refractivity (Wildman–Crippen MR) is 243 cm³/mol. The van der Waals surface area contributed by atoms with Gasteiger partial charge < -0.3 is 4.42 Å². The van der Waals surface area contributed by atoms with Crippen LogP contribution in [0, 0.1) is 0 Å². The smallest absolute Gasteiger partial charge is 0.164 e. The molecular weight excluding hydrogens is 719 g/mol. The van der Waals surface area contributed by atoms with E-state index in [-0.39, 0.29) is 0 Å². The van der Waals surface area contributed by atoms with Crippen molar-refractivity contribution in [3.8, 4) is 78.7 Å². The lowest BCUT2D eigenvalue weighted by Gasteiger charge is -2.12. The maximum Gasteiger partial charge on any atom is 0.164 e. The molecule has 2 heterocycles. The standard InChI is InChI=1S/C55H35N3O/c1-4-14-36(15-5-1)43-32-44(37-16-6-2-7-17-37)34-45(33-43)48-24-13-25-50-52(48)49-31-30-42(35-51(49)59-50)55-57-53(40-19-8-3-9-20-40)56-54(58-55)41-28-26-39(27-29-41)47-23-12-21-38-18-10-11-22-46(38)47/h1-35H. The Morgan fingerprint density at radius 2 is 0.763 bits per heavy atom. The van der Waals surface area contributed by atoms with Crippen molar-refractivity contribution < 1.29 is 4.42 Å². The van der Waals surface area contributed by atoms with Gasteiger partial charge in [-0.2, -0.15) is 0 Å². The Labute approximate surface area is 341 Å². The lowest BCUT2D eigenvalue weighted by molar-refractivity contribution is 0.669. The van der Waals surface area contributed by atoms with Crippen molar-refractivity contribution >= 4 is 32.7 Å². The summed E-state index contributed by atoms with van der Waals surface area (Å²) in [5.41, 5.74) is 13.5. The van der Waals surface area contributed by atoms with E-state index in [1.54, 1.807) is 0 Å². The molecule has 0 N–H and O–H groups in total. The second-order valence-electron chi connectivity index (χ2n) is 14.8. The highest BCUT2D eigenvalue weighted by Gasteiger charge is 2.18. The number of benzene rings is 9. The number of rotatable bonds is 7. The Hall–Kier alpha value is -7.95. The van der Waals surface area contributed by atoms with Gasteiger partial charge in [-0.25, -0.2) is 15.0 Å². The van der Waals surface area contributed by atoms with Crippen molar-refractivity contribution in [3.05, 3.63) is 212 Å². The van der Waals surface area contributed by atoms with E-state index >= 15 is 0 Å². The van der Waals surface area contributed by atoms with E-state index < -0.39 is 0 Å². The summed E-state index contributed by atoms with van der Waals surface area (Å²) in [7, 11) is 0. The molecule has 0 atom stereocenters. The molecule has 0 aliphatic heterocycles. The van der Waals surface area contributed by atoms with Crippen LogP contribution in [-0.2, 0) is 0 Å². The van der Waals surface area contributed by atoms with Gasteiger partial charge in [0.05, 0.1) is 0 Å². The van der Waals surface area contributed by atoms with Gasteiger partial charge in [-0.15, -0.1) is 0 Å². The Balaban J connectivity index is 1.02. The minimum absolute atomic E-state index is 0.581. The van der Waals surface area contributed by atoms with Crippen LogP contribution in [0.3, 0.4) is 0 Å². The molecule has 9 aromatic carbocycles. The fourth-order valence-corrected chi connectivity index (χ4v) is 8.21. The summed E-state index contributed by atoms with van der Waals surface area (Å²) in [6, 6.07) is 74.2. The van der Waals surface area contributed by atoms with Crippen LogP contribution in [0.4, 0.5) is 0 Å². The number of nitrogens with zero attached hydrogens (tertiary/aromatic N) is 3. The Bertz CT molecular complexity index is 3240. The van der Waals surface area contributed by atoms with E-state index in [0.29, 0.717) is 17.5 Å². The summed E-state index contributed by atoms with van der Waals surface area (Å²) >= 11 is 0. The minimum Gasteiger partial charge on any atom is -0.456 e. The molecule has 4 heteroatoms. The van der Waals surface area contributed by atoms with E-state index in [1.807, 2.05) is 36.4 Å². The molecule has 0 bridgehead atoms. The van der Waals surface area contributed by atoms with Gasteiger partial charge in [0.1, 0.15) is 11.2 Å². The van der Waals surface area contributed by atoms with E-state index in [4.69, 9.17) is 19.4 Å². The van der Waals surface area contributed by atoms with Gasteiger partial charge in [0, 0.05) is 27.5 Å². The highest BCUT2D eigenvalue weighted by Crippen LogP contribution is 2.41. The first-order valence-electron chi connectivity index (χ1n) is 19.8. The molecule has 0 unspecified atom stereocenters. The van der Waals surface area contributed by atoms with Gasteiger partial charge in [-0.3, -0.25) is 0 Å². The van der Waals surface area contributed by atoms with Crippen molar-refractivity contribution in [2.45, 2.75) is 0 Å². The summed E-state index contributed by atoms with van der Waals surface area (Å²) < 4.78 is 6.65. The molecular formula is C55H35N3O. The average Bonchev–Trinajstić information content (AvgIpc) is 3.70. The molecule has 11 aromatic rings. The van der Waals surface area contributed by atoms with Crippen LogP contribution in [0.15, 0.2) is 217 Å². The van der Waals surface area contributed by atoms with Gasteiger partial charge in [0.2, 0.25) is 0 Å². The van der Waals surface area contributed by atoms with Crippen LogP contribution < -0.4 is 0 Å². The van der Waals surface area contributed by atoms with Crippen molar-refractivity contribution in [1.29, 1.82) is 0 Å². The zero-order valence-corrected chi connectivity index (χ0v) is 32.0. The van der Waals surface area contributed by atoms with Crippen molar-refractivity contribution in [1.82, 2.24) is 15.0 Å². The van der Waals surface area contributed by atoms with Crippen molar-refractivity contribution in [3.63, 3.8) is 0 Å². The fourth-order valence-electron chi connectivity index (χ4n) is 8.21. The number of hydrogen-bond acceptors (Lipinski definition) is 4. The first-order valence-corrected chi connectivity index (χ1v) is 19.8. The van der Waals surface area contributed by atoms with E-state index in [1.165, 1.54) is 27.5 Å². The number of fused-ring (bicyclic) bond motifs is 4. The largest absolute Gasteiger partial charge is 0.456 e. The zero-order chi connectivity index (χ0) is 39.1. The molecule has 59 heavy (non-hydrogen) atoms. The molecule has 0 spiro atoms. The van der Waals surface area contributed by atoms with Gasteiger partial charge in [0.15, 0.2) is 17.5 Å². The number of furan rings is 1. The molecule has 2 aromatic heterocycles. The fraction of sp³-hybridized carbons (Fsp3) is 0. The second kappa shape index (κ2) is 14.5. The molecule has 11 rings (SSSR count). The normalized spacial score (nSPS) is 11.4. The van der Waals surface area contributed by atoms with Gasteiger partial charge >= 0.3 is 0 Å². The minimum atomic E-state index is 0.581. The molecule has 0 saturated carbocycles. The van der Waals surface area contributed by atoms with Crippen molar-refractivity contribution in [2.75, 3.05) is 0 Å². The van der Waals surface area contributed by atoms with Gasteiger partial charge in [-0.05, 0) is 91.7 Å². The van der Waals surface area contributed by atoms with Crippen LogP contribution in [0.1, 0.15) is 0 Å². The number of aromatic nitrogens is 3. The predicted octanol–water partition coefficient (Wildman–Crippen LogP) is 14.6. The Kier molecular flexibility index (Phi) is 8.45. The monoisotopic (exact) mass is 753 g/mol. The van der Waals surface area contributed by atoms with E-state index in [9.17, 15) is 0 Å². The third kappa shape index (κ3) is 6.43. The highest BCUT2D eigenvalue weighted by molar-refractivity contribution is 6.13. The Morgan fingerprint density at radius 3 is 1.44 bits per heavy atom. The summed E-state index contributed by atoms with van der Waals surface area (Å²) in [6.45, 7) is 0. The molecule has 276 valence electrons. The zero-order valence-electron chi connectivity index (χ0n) is 32.0. The Morgan fingerprint density at radius 1 is 0.271 bits per heavy atom. The van der Waals surface area contributed by atoms with Crippen LogP contribution in [0.25, 0.3) is 111 Å². The topological polar surface area (TPSA) is 51.8 Å². The molecule has 0 aliphatic rings. The molecule has 0 amide bonds. The van der Waals surface area contributed by atoms with E-state index in [2.05, 4.69) is 176 Å². The molecule has 4 nitrogen and oxygen atoms in total. The second-order valence-corrected chi connectivity index (χ2v) is 14.8. The van der Waals surface area contributed by atoms with Gasteiger partial charge in [0.25, 0.3) is 0 Å². The molecule has 0 radical (unpaired) electrons. The first-order chi connectivity index (χ1) is 29.2. The summed E-state index contributed by atoms with van der Waals surface area (Å²) in [4.78, 5) is 15.1. The average molecular weight is 754 g/mol. The number of hydrogen-bond donors (Lipinski definition) is 0. The molecule has 0 fully saturated rings. The maximum absolute atomic E-state index is 6.65. The van der Waals surface area contributed by atoms with Crippen LogP contribution in [-0.4, -0.2) is 15.0 Å². The van der Waals surface area contributed by atoms with Crippen LogP contribution in [0.5, 0.6) is 0 Å². The summed E-state index contributed by atoms with van der Waals surface area (Å²) in [6.07, 6.45) is 0. The van der Waals surface area contributed by atoms with Gasteiger partial charge in [-0.1, -0.05) is 176 Å². The van der Waals surface area contributed by atoms with E-state index in [0.717, 1.165) is 66.4 Å². The SMILES string of the molecule is c1ccc(-c2cc(-c3ccccc3)cc(-c3cccc4oc5cc(-c6nc(-c7ccccc7)nc(-c7ccc(-c8cccc9ccccc89)cc7)n6)ccc5c34)c2)cc1. The maximum atomic E-state index is 6.65. The lowest BCUT2D eigenvalue weighted by atomic mass is 9.91. The molecule has 0 aliphatic carbocycles. The van der Waals surface area contributed by atoms with Crippen molar-refractivity contribution in [2.24, 2.45) is 0 Å². The highest BCUT2D eigenvalue weighted by atomic mass is 16.3. The van der Waals surface area contributed by atoms with Crippen LogP contribution >= 0.6 is 0 Å². The van der Waals surface area contributed by atoms with Crippen LogP contribution in [0.2, 0.25) is 0 Å². The third-order valence-corrected chi connectivity index (χ3v) is 11.1. The first kappa shape index (κ1) is 34.3. The quantitative estimate of drug-likeness (QED) is 0.163. The lowest BCUT2D eigenvalue weighted by Crippen LogP contribution is -2.00. The summed E-state index contributed by atoms with van der Waals surface area (Å²) in [5.74, 6) is 1.80. The third-order valence-electron chi connectivity index (χ3n) is 11.1. The molecule has 0 saturated heterocycles. The summed E-state index contributed by atoms with van der Waals surface area (Å²) in [5, 5.41) is 4.55.